The molecule has 0 aliphatic carbocycles. The first kappa shape index (κ1) is 20.1. The van der Waals surface area contributed by atoms with Gasteiger partial charge in [0.1, 0.15) is 5.60 Å². The van der Waals surface area contributed by atoms with E-state index in [1.807, 2.05) is 0 Å². The van der Waals surface area contributed by atoms with Crippen molar-refractivity contribution >= 4 is 16.1 Å². The highest BCUT2D eigenvalue weighted by Crippen LogP contribution is 2.13. The first-order chi connectivity index (χ1) is 10.7. The van der Waals surface area contributed by atoms with Crippen LogP contribution in [0.5, 0.6) is 0 Å². The van der Waals surface area contributed by atoms with E-state index < -0.39 is 21.7 Å². The number of ether oxygens (including phenoxy) is 3. The van der Waals surface area contributed by atoms with Crippen LogP contribution in [0.1, 0.15) is 20.8 Å². The lowest BCUT2D eigenvalue weighted by atomic mass is 10.2. The molecule has 1 fully saturated rings. The van der Waals surface area contributed by atoms with Crippen molar-refractivity contribution in [3.8, 4) is 0 Å². The second kappa shape index (κ2) is 8.81. The number of carbonyl (C=O) groups is 1. The van der Waals surface area contributed by atoms with E-state index in [1.54, 1.807) is 27.9 Å². The van der Waals surface area contributed by atoms with Gasteiger partial charge in [-0.25, -0.2) is 13.2 Å². The predicted octanol–water partition coefficient (Wildman–Crippen LogP) is 0.532. The third-order valence-corrected chi connectivity index (χ3v) is 5.04. The lowest BCUT2D eigenvalue weighted by Gasteiger charge is -2.34. The quantitative estimate of drug-likeness (QED) is 0.622. The van der Waals surface area contributed by atoms with Crippen LogP contribution in [0.3, 0.4) is 0 Å². The highest BCUT2D eigenvalue weighted by atomic mass is 32.2. The van der Waals surface area contributed by atoms with Gasteiger partial charge in [0, 0.05) is 33.3 Å². The Bertz CT molecular complexity index is 466. The van der Waals surface area contributed by atoms with E-state index in [0.717, 1.165) is 0 Å². The summed E-state index contributed by atoms with van der Waals surface area (Å²) in [4.78, 5) is 13.5. The molecule has 1 aliphatic rings. The zero-order valence-corrected chi connectivity index (χ0v) is 15.2. The molecule has 1 saturated heterocycles. The number of sulfonamides is 1. The van der Waals surface area contributed by atoms with Crippen molar-refractivity contribution < 1.29 is 27.4 Å². The zero-order chi connectivity index (χ0) is 17.5. The molecule has 0 aromatic carbocycles. The van der Waals surface area contributed by atoms with E-state index in [0.29, 0.717) is 26.3 Å². The summed E-state index contributed by atoms with van der Waals surface area (Å²) < 4.78 is 41.1. The number of hydrogen-bond acceptors (Lipinski definition) is 6. The van der Waals surface area contributed by atoms with Gasteiger partial charge in [0.25, 0.3) is 0 Å². The van der Waals surface area contributed by atoms with Gasteiger partial charge >= 0.3 is 6.09 Å². The molecule has 1 amide bonds. The van der Waals surface area contributed by atoms with Crippen molar-refractivity contribution in [2.24, 2.45) is 0 Å². The summed E-state index contributed by atoms with van der Waals surface area (Å²) >= 11 is 0. The minimum absolute atomic E-state index is 0.0663. The van der Waals surface area contributed by atoms with E-state index in [2.05, 4.69) is 0 Å². The fourth-order valence-electron chi connectivity index (χ4n) is 2.01. The average molecular weight is 352 g/mol. The molecule has 1 aliphatic heterocycles. The third-order valence-electron chi connectivity index (χ3n) is 3.20. The van der Waals surface area contributed by atoms with Crippen molar-refractivity contribution in [2.45, 2.75) is 26.4 Å². The molecule has 0 aromatic heterocycles. The Morgan fingerprint density at radius 2 is 1.65 bits per heavy atom. The van der Waals surface area contributed by atoms with Crippen LogP contribution < -0.4 is 0 Å². The third kappa shape index (κ3) is 7.47. The number of rotatable bonds is 7. The minimum Gasteiger partial charge on any atom is -0.444 e. The van der Waals surface area contributed by atoms with Crippen molar-refractivity contribution in [1.82, 2.24) is 9.21 Å². The summed E-state index contributed by atoms with van der Waals surface area (Å²) in [7, 11) is -1.81. The van der Waals surface area contributed by atoms with Crippen molar-refractivity contribution in [2.75, 3.05) is 58.9 Å². The van der Waals surface area contributed by atoms with Gasteiger partial charge in [-0.2, -0.15) is 4.31 Å². The highest BCUT2D eigenvalue weighted by molar-refractivity contribution is 7.89. The van der Waals surface area contributed by atoms with Gasteiger partial charge in [0.05, 0.1) is 25.6 Å². The molecule has 0 bridgehead atoms. The van der Waals surface area contributed by atoms with Gasteiger partial charge in [0.2, 0.25) is 10.0 Å². The first-order valence-corrected chi connectivity index (χ1v) is 9.29. The molecular formula is C14H28N2O6S. The molecule has 0 saturated carbocycles. The molecule has 0 unspecified atom stereocenters. The SMILES string of the molecule is COCCOCCS(=O)(=O)N1CCN(C(=O)OC(C)(C)C)CC1. The zero-order valence-electron chi connectivity index (χ0n) is 14.4. The number of methoxy groups -OCH3 is 1. The lowest BCUT2D eigenvalue weighted by molar-refractivity contribution is 0.0192. The van der Waals surface area contributed by atoms with Crippen LogP contribution >= 0.6 is 0 Å². The van der Waals surface area contributed by atoms with E-state index in [9.17, 15) is 13.2 Å². The maximum atomic E-state index is 12.2. The van der Waals surface area contributed by atoms with Gasteiger partial charge in [-0.1, -0.05) is 0 Å². The molecule has 0 aromatic rings. The Kier molecular flexibility index (Phi) is 7.72. The molecule has 0 spiro atoms. The largest absolute Gasteiger partial charge is 0.444 e. The summed E-state index contributed by atoms with van der Waals surface area (Å²) in [5.74, 6) is -0.0663. The normalized spacial score (nSPS) is 17.3. The van der Waals surface area contributed by atoms with Gasteiger partial charge in [-0.15, -0.1) is 0 Å². The van der Waals surface area contributed by atoms with Crippen molar-refractivity contribution in [3.05, 3.63) is 0 Å². The molecular weight excluding hydrogens is 324 g/mol. The van der Waals surface area contributed by atoms with Crippen LogP contribution in [0, 0.1) is 0 Å². The van der Waals surface area contributed by atoms with Crippen LogP contribution in [-0.4, -0.2) is 88.2 Å². The Morgan fingerprint density at radius 3 is 2.17 bits per heavy atom. The molecule has 136 valence electrons. The topological polar surface area (TPSA) is 85.4 Å². The van der Waals surface area contributed by atoms with E-state index >= 15 is 0 Å². The van der Waals surface area contributed by atoms with Gasteiger partial charge in [-0.3, -0.25) is 0 Å². The van der Waals surface area contributed by atoms with Gasteiger partial charge < -0.3 is 19.1 Å². The van der Waals surface area contributed by atoms with Crippen LogP contribution in [0.25, 0.3) is 0 Å². The molecule has 0 atom stereocenters. The number of piperazine rings is 1. The summed E-state index contributed by atoms with van der Waals surface area (Å²) in [5.41, 5.74) is -0.556. The second-order valence-electron chi connectivity index (χ2n) is 6.29. The van der Waals surface area contributed by atoms with Crippen LogP contribution in [0.15, 0.2) is 0 Å². The van der Waals surface area contributed by atoms with Crippen LogP contribution in [0.4, 0.5) is 4.79 Å². The molecule has 1 heterocycles. The smallest absolute Gasteiger partial charge is 0.410 e. The van der Waals surface area contributed by atoms with E-state index in [1.165, 1.54) is 9.21 Å². The Balaban J connectivity index is 2.38. The maximum absolute atomic E-state index is 12.2. The Morgan fingerprint density at radius 1 is 1.04 bits per heavy atom. The van der Waals surface area contributed by atoms with Crippen LogP contribution in [-0.2, 0) is 24.2 Å². The number of hydrogen-bond donors (Lipinski definition) is 0. The Labute approximate surface area is 138 Å². The van der Waals surface area contributed by atoms with Crippen LogP contribution in [0.2, 0.25) is 0 Å². The highest BCUT2D eigenvalue weighted by Gasteiger charge is 2.30. The molecule has 9 heteroatoms. The molecule has 1 rings (SSSR count). The minimum atomic E-state index is -3.37. The summed E-state index contributed by atoms with van der Waals surface area (Å²) in [5, 5.41) is 0. The summed E-state index contributed by atoms with van der Waals surface area (Å²) in [6, 6.07) is 0. The molecule has 0 N–H and O–H groups in total. The number of carbonyl (C=O) groups excluding carboxylic acids is 1. The first-order valence-electron chi connectivity index (χ1n) is 7.68. The Hall–Kier alpha value is -0.900. The summed E-state index contributed by atoms with van der Waals surface area (Å²) in [6.07, 6.45) is -0.405. The van der Waals surface area contributed by atoms with Gasteiger partial charge in [-0.05, 0) is 20.8 Å². The predicted molar refractivity (Wildman–Crippen MR) is 85.9 cm³/mol. The molecule has 0 radical (unpaired) electrons. The van der Waals surface area contributed by atoms with Crippen molar-refractivity contribution in [3.63, 3.8) is 0 Å². The van der Waals surface area contributed by atoms with Crippen molar-refractivity contribution in [1.29, 1.82) is 0 Å². The van der Waals surface area contributed by atoms with Gasteiger partial charge in [0.15, 0.2) is 0 Å². The molecule has 23 heavy (non-hydrogen) atoms. The molecule has 8 nitrogen and oxygen atoms in total. The average Bonchev–Trinajstić information content (AvgIpc) is 2.45. The van der Waals surface area contributed by atoms with E-state index in [4.69, 9.17) is 14.2 Å². The monoisotopic (exact) mass is 352 g/mol. The number of nitrogens with zero attached hydrogens (tertiary/aromatic N) is 2. The fourth-order valence-corrected chi connectivity index (χ4v) is 3.32. The maximum Gasteiger partial charge on any atom is 0.410 e. The van der Waals surface area contributed by atoms with E-state index in [-0.39, 0.29) is 25.4 Å². The second-order valence-corrected chi connectivity index (χ2v) is 8.38. The number of amides is 1. The summed E-state index contributed by atoms with van der Waals surface area (Å²) in [6.45, 7) is 7.57. The fraction of sp³-hybridized carbons (Fsp3) is 0.929. The standard InChI is InChI=1S/C14H28N2O6S/c1-14(2,3)22-13(17)15-5-7-16(8-6-15)23(18,19)12-11-21-10-9-20-4/h5-12H2,1-4H3. The lowest BCUT2D eigenvalue weighted by Crippen LogP contribution is -2.52.